The van der Waals surface area contributed by atoms with Crippen molar-refractivity contribution in [2.75, 3.05) is 6.54 Å². The van der Waals surface area contributed by atoms with E-state index < -0.39 is 42.0 Å². The van der Waals surface area contributed by atoms with Crippen LogP contribution in [0.2, 0.25) is 0 Å². The first kappa shape index (κ1) is 41.0. The van der Waals surface area contributed by atoms with Crippen LogP contribution >= 0.6 is 0 Å². The molecule has 4 aromatic carbocycles. The van der Waals surface area contributed by atoms with Gasteiger partial charge in [-0.1, -0.05) is 97.1 Å². The van der Waals surface area contributed by atoms with Crippen LogP contribution < -0.4 is 33.6 Å². The summed E-state index contributed by atoms with van der Waals surface area (Å²) >= 11 is 0. The zero-order valence-corrected chi connectivity index (χ0v) is 28.5. The van der Waals surface area contributed by atoms with Crippen molar-refractivity contribution in [2.24, 2.45) is 27.9 Å². The van der Waals surface area contributed by atoms with Crippen LogP contribution in [0.15, 0.2) is 102 Å². The number of guanidine groups is 1. The van der Waals surface area contributed by atoms with Crippen LogP contribution in [-0.4, -0.2) is 65.4 Å². The number of nitrogens with two attached hydrogens (primary N) is 4. The van der Waals surface area contributed by atoms with Gasteiger partial charge in [-0.05, 0) is 46.7 Å². The number of carboxylic acid groups (broad SMARTS) is 1. The first-order valence-electron chi connectivity index (χ1n) is 16.3. The molecule has 0 aromatic heterocycles. The van der Waals surface area contributed by atoms with Gasteiger partial charge < -0.3 is 38.7 Å². The van der Waals surface area contributed by atoms with Crippen molar-refractivity contribution >= 4 is 46.3 Å². The quantitative estimate of drug-likeness (QED) is 0.0511. The van der Waals surface area contributed by atoms with Crippen molar-refractivity contribution in [3.63, 3.8) is 0 Å². The normalized spacial score (nSPS) is 12.6. The van der Waals surface area contributed by atoms with Crippen LogP contribution in [0.25, 0.3) is 10.8 Å². The zero-order chi connectivity index (χ0) is 39.1. The molecule has 0 saturated carbocycles. The lowest BCUT2D eigenvalue weighted by Crippen LogP contribution is -2.54. The number of halogens is 3. The van der Waals surface area contributed by atoms with Crippen LogP contribution in [-0.2, 0) is 32.0 Å². The fourth-order valence-corrected chi connectivity index (χ4v) is 5.24. The van der Waals surface area contributed by atoms with Gasteiger partial charge in [-0.25, -0.2) is 4.79 Å². The predicted octanol–water partition coefficient (Wildman–Crippen LogP) is 2.83. The van der Waals surface area contributed by atoms with Gasteiger partial charge >= 0.3 is 12.1 Å². The molecule has 13 nitrogen and oxygen atoms in total. The van der Waals surface area contributed by atoms with E-state index in [4.69, 9.17) is 38.2 Å². The Morgan fingerprint density at radius 1 is 0.736 bits per heavy atom. The molecule has 0 fully saturated rings. The van der Waals surface area contributed by atoms with Crippen molar-refractivity contribution in [2.45, 2.75) is 49.9 Å². The maximum atomic E-state index is 14.2. The molecule has 12 N–H and O–H groups in total. The number of nitrogens with one attached hydrogen (secondary N) is 3. The Labute approximate surface area is 303 Å². The molecule has 0 aliphatic heterocycles. The van der Waals surface area contributed by atoms with Crippen LogP contribution in [0.4, 0.5) is 13.2 Å². The highest BCUT2D eigenvalue weighted by atomic mass is 19.4. The summed E-state index contributed by atoms with van der Waals surface area (Å²) in [5.41, 5.74) is 25.1. The Morgan fingerprint density at radius 3 is 1.87 bits per heavy atom. The molecule has 0 aliphatic carbocycles. The van der Waals surface area contributed by atoms with Crippen LogP contribution in [0, 0.1) is 5.41 Å². The number of nitrogen functional groups attached to an aromatic ring is 1. The highest BCUT2D eigenvalue weighted by Crippen LogP contribution is 2.26. The number of fused-ring (bicyclic) bond motifs is 1. The molecule has 0 aliphatic rings. The number of amidine groups is 1. The number of hydrogen-bond donors (Lipinski definition) is 8. The molecule has 3 amide bonds. The molecule has 0 heterocycles. The van der Waals surface area contributed by atoms with E-state index in [-0.39, 0.29) is 37.1 Å². The molecule has 0 unspecified atom stereocenters. The van der Waals surface area contributed by atoms with Crippen LogP contribution in [0.5, 0.6) is 0 Å². The zero-order valence-electron chi connectivity index (χ0n) is 28.5. The molecule has 3 atom stereocenters. The molecule has 53 heavy (non-hydrogen) atoms. The number of amides is 3. The molecule has 4 aromatic rings. The van der Waals surface area contributed by atoms with Gasteiger partial charge in [-0.2, -0.15) is 13.2 Å². The lowest BCUT2D eigenvalue weighted by atomic mass is 9.89. The molecular weight excluding hydrogens is 693 g/mol. The van der Waals surface area contributed by atoms with Crippen molar-refractivity contribution in [3.05, 3.63) is 119 Å². The van der Waals surface area contributed by atoms with Gasteiger partial charge in [0.05, 0.1) is 5.92 Å². The predicted molar refractivity (Wildman–Crippen MR) is 195 cm³/mol. The number of benzene rings is 4. The number of carbonyl (C=O) groups is 4. The van der Waals surface area contributed by atoms with Gasteiger partial charge in [-0.15, -0.1) is 0 Å². The first-order chi connectivity index (χ1) is 25.0. The van der Waals surface area contributed by atoms with Crippen molar-refractivity contribution in [3.8, 4) is 0 Å². The second-order valence-corrected chi connectivity index (χ2v) is 11.9. The SMILES string of the molecule is N=C(N)c1ccc(C[C@@H](C(=O)N[C@@H](Cc2ccccc2)C(=O)N[C@@H](CCCN=C(N)N)C(N)=O)c2ccc3ccccc3c2)cc1.O=C(O)C(F)(F)F. The molecule has 0 bridgehead atoms. The Bertz CT molecular complexity index is 1920. The highest BCUT2D eigenvalue weighted by Gasteiger charge is 2.38. The first-order valence-corrected chi connectivity index (χ1v) is 16.3. The average molecular weight is 735 g/mol. The lowest BCUT2D eigenvalue weighted by Gasteiger charge is -2.25. The summed E-state index contributed by atoms with van der Waals surface area (Å²) in [5.74, 6) is -5.13. The lowest BCUT2D eigenvalue weighted by molar-refractivity contribution is -0.192. The third kappa shape index (κ3) is 13.3. The van der Waals surface area contributed by atoms with E-state index in [2.05, 4.69) is 15.6 Å². The summed E-state index contributed by atoms with van der Waals surface area (Å²) in [6.07, 6.45) is -3.93. The number of alkyl halides is 3. The summed E-state index contributed by atoms with van der Waals surface area (Å²) in [7, 11) is 0. The van der Waals surface area contributed by atoms with Gasteiger partial charge in [0.15, 0.2) is 5.96 Å². The van der Waals surface area contributed by atoms with Gasteiger partial charge in [0.1, 0.15) is 17.9 Å². The maximum absolute atomic E-state index is 14.2. The summed E-state index contributed by atoms with van der Waals surface area (Å²) < 4.78 is 31.7. The van der Waals surface area contributed by atoms with Crippen LogP contribution in [0.1, 0.15) is 41.0 Å². The number of carbonyl (C=O) groups excluding carboxylic acids is 3. The van der Waals surface area contributed by atoms with Gasteiger partial charge in [0.2, 0.25) is 17.7 Å². The Hall–Kier alpha value is -6.45. The number of nitrogens with zero attached hydrogens (tertiary/aromatic N) is 1. The molecular formula is C37H41F3N8O5. The number of carboxylic acids is 1. The molecule has 0 radical (unpaired) electrons. The number of hydrogen-bond acceptors (Lipinski definition) is 6. The Kier molecular flexibility index (Phi) is 14.9. The van der Waals surface area contributed by atoms with E-state index in [1.165, 1.54) is 0 Å². The van der Waals surface area contributed by atoms with Crippen molar-refractivity contribution < 1.29 is 37.5 Å². The summed E-state index contributed by atoms with van der Waals surface area (Å²) in [4.78, 5) is 52.9. The summed E-state index contributed by atoms with van der Waals surface area (Å²) in [6, 6.07) is 28.2. The molecule has 280 valence electrons. The highest BCUT2D eigenvalue weighted by molar-refractivity contribution is 5.95. The van der Waals surface area contributed by atoms with Gasteiger partial charge in [0, 0.05) is 18.5 Å². The average Bonchev–Trinajstić information content (AvgIpc) is 3.11. The second kappa shape index (κ2) is 19.2. The smallest absolute Gasteiger partial charge is 0.475 e. The summed E-state index contributed by atoms with van der Waals surface area (Å²) in [5, 5.41) is 22.6. The summed E-state index contributed by atoms with van der Waals surface area (Å²) in [6.45, 7) is 0.271. The van der Waals surface area contributed by atoms with E-state index >= 15 is 0 Å². The molecule has 0 saturated heterocycles. The second-order valence-electron chi connectivity index (χ2n) is 11.9. The molecule has 16 heteroatoms. The van der Waals surface area contributed by atoms with Crippen molar-refractivity contribution in [1.29, 1.82) is 5.41 Å². The van der Waals surface area contributed by atoms with E-state index in [0.717, 1.165) is 27.5 Å². The van der Waals surface area contributed by atoms with Crippen LogP contribution in [0.3, 0.4) is 0 Å². The van der Waals surface area contributed by atoms with E-state index in [1.54, 1.807) is 12.1 Å². The minimum atomic E-state index is -5.08. The molecule has 4 rings (SSSR count). The minimum Gasteiger partial charge on any atom is -0.475 e. The van der Waals surface area contributed by atoms with E-state index in [1.807, 2.05) is 84.9 Å². The van der Waals surface area contributed by atoms with Gasteiger partial charge in [0.25, 0.3) is 0 Å². The number of aliphatic carboxylic acids is 1. The number of rotatable bonds is 15. The van der Waals surface area contributed by atoms with Crippen molar-refractivity contribution in [1.82, 2.24) is 10.6 Å². The third-order valence-electron chi connectivity index (χ3n) is 7.96. The standard InChI is InChI=1S/C35H40N8O3.C2HF3O2/c36-31(37)25-14-12-23(13-15-25)19-28(27-17-16-24-9-4-5-10-26(24)21-27)33(45)43-30(20-22-7-2-1-3-8-22)34(46)42-29(32(38)44)11-6-18-41-35(39)40;3-2(4,5)1(6)7/h1-5,7-10,12-17,21,28-30H,6,11,18-20H2,(H3,36,37)(H2,38,44)(H,42,46)(H,43,45)(H4,39,40,41);(H,6,7)/t28-,29+,30+;/m1./s1. The van der Waals surface area contributed by atoms with Gasteiger partial charge in [-0.3, -0.25) is 24.8 Å². The monoisotopic (exact) mass is 734 g/mol. The van der Waals surface area contributed by atoms with E-state index in [9.17, 15) is 27.6 Å². The fraction of sp³-hybridized carbons (Fsp3) is 0.243. The maximum Gasteiger partial charge on any atom is 0.490 e. The Balaban J connectivity index is 0.000000980. The molecule has 0 spiro atoms. The van der Waals surface area contributed by atoms with E-state index in [0.29, 0.717) is 18.4 Å². The Morgan fingerprint density at radius 2 is 1.30 bits per heavy atom. The topological polar surface area (TPSA) is 253 Å². The third-order valence-corrected chi connectivity index (χ3v) is 7.96. The fourth-order valence-electron chi connectivity index (χ4n) is 5.24. The minimum absolute atomic E-state index is 0.0457. The number of primary amides is 1. The number of aliphatic imine (C=N–C) groups is 1. The largest absolute Gasteiger partial charge is 0.490 e.